The molecule has 0 aromatic carbocycles. The number of hydrogen-bond acceptors (Lipinski definition) is 4. The topological polar surface area (TPSA) is 66.6 Å². The van der Waals surface area contributed by atoms with Gasteiger partial charge in [-0.25, -0.2) is 4.98 Å². The maximum Gasteiger partial charge on any atom is 0.321 e. The molecule has 94 valence electrons. The second-order valence-corrected chi connectivity index (χ2v) is 4.77. The highest BCUT2D eigenvalue weighted by molar-refractivity contribution is 5.74. The van der Waals surface area contributed by atoms with Crippen molar-refractivity contribution < 1.29 is 14.3 Å². The van der Waals surface area contributed by atoms with Crippen LogP contribution < -0.4 is 0 Å². The first-order valence-electron chi connectivity index (χ1n) is 5.89. The Bertz CT molecular complexity index is 408. The Kier molecular flexibility index (Phi) is 3.19. The molecule has 1 fully saturated rings. The van der Waals surface area contributed by atoms with Gasteiger partial charge in [0.2, 0.25) is 5.89 Å². The van der Waals surface area contributed by atoms with Crippen molar-refractivity contribution in [2.75, 3.05) is 6.54 Å². The van der Waals surface area contributed by atoms with Crippen LogP contribution >= 0.6 is 0 Å². The van der Waals surface area contributed by atoms with E-state index in [1.807, 2.05) is 25.7 Å². The van der Waals surface area contributed by atoms with Gasteiger partial charge in [-0.1, -0.05) is 6.92 Å². The number of rotatable bonds is 3. The fourth-order valence-electron chi connectivity index (χ4n) is 2.38. The van der Waals surface area contributed by atoms with Crippen molar-refractivity contribution >= 4 is 5.97 Å². The highest BCUT2D eigenvalue weighted by Gasteiger charge is 2.37. The third-order valence-electron chi connectivity index (χ3n) is 3.47. The minimum Gasteiger partial charge on any atom is -0.480 e. The van der Waals surface area contributed by atoms with E-state index in [1.54, 1.807) is 0 Å². The molecule has 1 aromatic rings. The number of aliphatic carboxylic acids is 1. The SMILES string of the molecule is Cc1nc(CN2CCC(C)C2C(=O)O)oc1C. The minimum atomic E-state index is -0.755. The van der Waals surface area contributed by atoms with E-state index < -0.39 is 12.0 Å². The summed E-state index contributed by atoms with van der Waals surface area (Å²) in [6.45, 7) is 7.01. The standard InChI is InChI=1S/C12H18N2O3/c1-7-4-5-14(11(7)12(15)16)6-10-13-8(2)9(3)17-10/h7,11H,4-6H2,1-3H3,(H,15,16). The fraction of sp³-hybridized carbons (Fsp3) is 0.667. The van der Waals surface area contributed by atoms with Gasteiger partial charge in [-0.05, 0) is 32.7 Å². The second kappa shape index (κ2) is 4.49. The maximum absolute atomic E-state index is 11.2. The molecule has 2 heterocycles. The van der Waals surface area contributed by atoms with Crippen LogP contribution in [0.1, 0.15) is 30.7 Å². The number of aromatic nitrogens is 1. The summed E-state index contributed by atoms with van der Waals surface area (Å²) in [6.07, 6.45) is 0.912. The van der Waals surface area contributed by atoms with Gasteiger partial charge in [-0.2, -0.15) is 0 Å². The van der Waals surface area contributed by atoms with Crippen molar-refractivity contribution in [2.45, 2.75) is 39.8 Å². The van der Waals surface area contributed by atoms with Crippen LogP contribution in [0.2, 0.25) is 0 Å². The summed E-state index contributed by atoms with van der Waals surface area (Å²) in [5.41, 5.74) is 0.874. The van der Waals surface area contributed by atoms with E-state index in [1.165, 1.54) is 0 Å². The molecule has 0 spiro atoms. The van der Waals surface area contributed by atoms with Crippen LogP contribution in [0.25, 0.3) is 0 Å². The Morgan fingerprint density at radius 3 is 2.82 bits per heavy atom. The van der Waals surface area contributed by atoms with Crippen molar-refractivity contribution in [1.82, 2.24) is 9.88 Å². The van der Waals surface area contributed by atoms with E-state index in [0.29, 0.717) is 12.4 Å². The number of carboxylic acid groups (broad SMARTS) is 1. The van der Waals surface area contributed by atoms with Gasteiger partial charge in [0.15, 0.2) is 0 Å². The van der Waals surface area contributed by atoms with Crippen molar-refractivity contribution in [3.63, 3.8) is 0 Å². The van der Waals surface area contributed by atoms with Crippen LogP contribution in [0.3, 0.4) is 0 Å². The van der Waals surface area contributed by atoms with Gasteiger partial charge in [-0.15, -0.1) is 0 Å². The fourth-order valence-corrected chi connectivity index (χ4v) is 2.38. The molecule has 5 nitrogen and oxygen atoms in total. The van der Waals surface area contributed by atoms with E-state index in [4.69, 9.17) is 4.42 Å². The molecule has 0 aliphatic carbocycles. The molecule has 2 rings (SSSR count). The van der Waals surface area contributed by atoms with Crippen LogP contribution in [0.15, 0.2) is 4.42 Å². The first-order chi connectivity index (χ1) is 7.99. The summed E-state index contributed by atoms with van der Waals surface area (Å²) in [5.74, 6) is 0.846. The molecule has 2 atom stereocenters. The molecule has 0 saturated carbocycles. The number of hydrogen-bond donors (Lipinski definition) is 1. The van der Waals surface area contributed by atoms with Crippen LogP contribution in [0.5, 0.6) is 0 Å². The Morgan fingerprint density at radius 1 is 1.59 bits per heavy atom. The molecule has 17 heavy (non-hydrogen) atoms. The maximum atomic E-state index is 11.2. The number of aryl methyl sites for hydroxylation is 2. The summed E-state index contributed by atoms with van der Waals surface area (Å²) in [5, 5.41) is 9.20. The van der Waals surface area contributed by atoms with E-state index in [-0.39, 0.29) is 5.92 Å². The van der Waals surface area contributed by atoms with E-state index >= 15 is 0 Å². The first kappa shape index (κ1) is 12.1. The highest BCUT2D eigenvalue weighted by atomic mass is 16.4. The third kappa shape index (κ3) is 2.34. The largest absolute Gasteiger partial charge is 0.480 e. The third-order valence-corrected chi connectivity index (χ3v) is 3.47. The Balaban J connectivity index is 2.10. The zero-order chi connectivity index (χ0) is 12.6. The number of oxazole rings is 1. The molecule has 1 aliphatic rings. The minimum absolute atomic E-state index is 0.185. The van der Waals surface area contributed by atoms with Gasteiger partial charge in [0.1, 0.15) is 11.8 Å². The van der Waals surface area contributed by atoms with Crippen molar-refractivity contribution in [3.8, 4) is 0 Å². The average Bonchev–Trinajstić information content (AvgIpc) is 2.72. The molecule has 0 radical (unpaired) electrons. The van der Waals surface area contributed by atoms with Crippen molar-refractivity contribution in [3.05, 3.63) is 17.3 Å². The molecular weight excluding hydrogens is 220 g/mol. The Labute approximate surface area is 100 Å². The van der Waals surface area contributed by atoms with Crippen molar-refractivity contribution in [1.29, 1.82) is 0 Å². The molecule has 5 heteroatoms. The molecule has 0 amide bonds. The molecule has 1 aliphatic heterocycles. The first-order valence-corrected chi connectivity index (χ1v) is 5.89. The van der Waals surface area contributed by atoms with Crippen LogP contribution in [-0.4, -0.2) is 33.5 Å². The zero-order valence-corrected chi connectivity index (χ0v) is 10.4. The van der Waals surface area contributed by atoms with Gasteiger partial charge in [0, 0.05) is 0 Å². The predicted molar refractivity (Wildman–Crippen MR) is 61.6 cm³/mol. The van der Waals surface area contributed by atoms with Crippen LogP contribution in [0.4, 0.5) is 0 Å². The van der Waals surface area contributed by atoms with Crippen molar-refractivity contribution in [2.24, 2.45) is 5.92 Å². The Morgan fingerprint density at radius 2 is 2.29 bits per heavy atom. The van der Waals surface area contributed by atoms with Gasteiger partial charge < -0.3 is 9.52 Å². The lowest BCUT2D eigenvalue weighted by atomic mass is 10.0. The molecule has 1 aromatic heterocycles. The number of carboxylic acids is 1. The summed E-state index contributed by atoms with van der Waals surface area (Å²) in [6, 6.07) is -0.414. The normalized spacial score (nSPS) is 25.4. The van der Waals surface area contributed by atoms with Gasteiger partial charge in [0.25, 0.3) is 0 Å². The van der Waals surface area contributed by atoms with E-state index in [2.05, 4.69) is 4.98 Å². The van der Waals surface area contributed by atoms with Gasteiger partial charge >= 0.3 is 5.97 Å². The summed E-state index contributed by atoms with van der Waals surface area (Å²) >= 11 is 0. The second-order valence-electron chi connectivity index (χ2n) is 4.77. The zero-order valence-electron chi connectivity index (χ0n) is 10.4. The number of likely N-dealkylation sites (tertiary alicyclic amines) is 1. The number of carbonyl (C=O) groups is 1. The van der Waals surface area contributed by atoms with E-state index in [0.717, 1.165) is 24.4 Å². The molecule has 1 N–H and O–H groups in total. The summed E-state index contributed by atoms with van der Waals surface area (Å²) in [7, 11) is 0. The lowest BCUT2D eigenvalue weighted by Crippen LogP contribution is -2.38. The molecule has 1 saturated heterocycles. The average molecular weight is 238 g/mol. The van der Waals surface area contributed by atoms with E-state index in [9.17, 15) is 9.90 Å². The lowest BCUT2D eigenvalue weighted by Gasteiger charge is -2.21. The highest BCUT2D eigenvalue weighted by Crippen LogP contribution is 2.26. The number of nitrogens with zero attached hydrogens (tertiary/aromatic N) is 2. The molecular formula is C12H18N2O3. The summed E-state index contributed by atoms with van der Waals surface area (Å²) in [4.78, 5) is 17.4. The quantitative estimate of drug-likeness (QED) is 0.866. The molecule has 2 unspecified atom stereocenters. The molecule has 0 bridgehead atoms. The van der Waals surface area contributed by atoms with Crippen LogP contribution in [-0.2, 0) is 11.3 Å². The van der Waals surface area contributed by atoms with Gasteiger partial charge in [0.05, 0.1) is 12.2 Å². The predicted octanol–water partition coefficient (Wildman–Crippen LogP) is 1.59. The Hall–Kier alpha value is -1.36. The van der Waals surface area contributed by atoms with Gasteiger partial charge in [-0.3, -0.25) is 9.69 Å². The summed E-state index contributed by atoms with van der Waals surface area (Å²) < 4.78 is 5.49. The monoisotopic (exact) mass is 238 g/mol. The lowest BCUT2D eigenvalue weighted by molar-refractivity contribution is -0.143. The smallest absolute Gasteiger partial charge is 0.321 e. The van der Waals surface area contributed by atoms with Crippen LogP contribution in [0, 0.1) is 19.8 Å².